The fourth-order valence-electron chi connectivity index (χ4n) is 3.09. The molecule has 3 atom stereocenters. The van der Waals surface area contributed by atoms with Gasteiger partial charge in [-0.2, -0.15) is 0 Å². The van der Waals surface area contributed by atoms with Crippen LogP contribution >= 0.6 is 0 Å². The fourth-order valence-corrected chi connectivity index (χ4v) is 3.09. The van der Waals surface area contributed by atoms with Gasteiger partial charge in [0.1, 0.15) is 0 Å². The number of aromatic nitrogens is 1. The highest BCUT2D eigenvalue weighted by molar-refractivity contribution is 5.39. The van der Waals surface area contributed by atoms with Gasteiger partial charge in [0.25, 0.3) is 0 Å². The zero-order valence-corrected chi connectivity index (χ0v) is 8.99. The van der Waals surface area contributed by atoms with Crippen molar-refractivity contribution in [2.24, 2.45) is 0 Å². The van der Waals surface area contributed by atoms with Crippen molar-refractivity contribution in [3.05, 3.63) is 23.0 Å². The Morgan fingerprint density at radius 2 is 2.33 bits per heavy atom. The van der Waals surface area contributed by atoms with Gasteiger partial charge in [0.2, 0.25) is 0 Å². The first-order valence-corrected chi connectivity index (χ1v) is 5.82. The van der Waals surface area contributed by atoms with Crippen molar-refractivity contribution in [3.8, 4) is 0 Å². The summed E-state index contributed by atoms with van der Waals surface area (Å²) in [7, 11) is 0. The maximum absolute atomic E-state index is 9.72. The third-order valence-electron chi connectivity index (χ3n) is 3.77. The normalized spacial score (nSPS) is 29.5. The van der Waals surface area contributed by atoms with Crippen molar-refractivity contribution in [2.75, 3.05) is 6.61 Å². The summed E-state index contributed by atoms with van der Waals surface area (Å²) in [6.07, 6.45) is 3.16. The summed E-state index contributed by atoms with van der Waals surface area (Å²) in [5, 5.41) is 9.72. The number of aromatic amines is 1. The molecule has 1 heterocycles. The van der Waals surface area contributed by atoms with Crippen molar-refractivity contribution in [1.82, 2.24) is 4.98 Å². The van der Waals surface area contributed by atoms with Gasteiger partial charge in [0.05, 0.1) is 5.69 Å². The molecule has 0 saturated heterocycles. The van der Waals surface area contributed by atoms with Crippen molar-refractivity contribution >= 4 is 0 Å². The molecule has 1 aromatic heterocycles. The molecule has 82 valence electrons. The lowest BCUT2D eigenvalue weighted by molar-refractivity contribution is -0.100. The SMILES string of the molecule is CCOC(O)c1cc2c([nH]1)C1CCC2C1. The molecule has 3 unspecified atom stereocenters. The molecule has 0 aliphatic heterocycles. The van der Waals surface area contributed by atoms with Gasteiger partial charge in [0, 0.05) is 12.3 Å². The number of nitrogens with one attached hydrogen (secondary N) is 1. The van der Waals surface area contributed by atoms with Crippen LogP contribution in [0.25, 0.3) is 0 Å². The van der Waals surface area contributed by atoms with E-state index in [1.54, 1.807) is 0 Å². The minimum atomic E-state index is -0.778. The summed E-state index contributed by atoms with van der Waals surface area (Å²) in [6, 6.07) is 2.10. The minimum Gasteiger partial charge on any atom is -0.363 e. The first kappa shape index (κ1) is 9.43. The van der Waals surface area contributed by atoms with E-state index in [1.807, 2.05) is 6.92 Å². The minimum absolute atomic E-state index is 0.539. The summed E-state index contributed by atoms with van der Waals surface area (Å²) >= 11 is 0. The molecule has 0 radical (unpaired) electrons. The molecule has 1 aromatic rings. The number of rotatable bonds is 3. The van der Waals surface area contributed by atoms with Crippen LogP contribution in [0.4, 0.5) is 0 Å². The van der Waals surface area contributed by atoms with E-state index in [0.717, 1.165) is 11.6 Å². The summed E-state index contributed by atoms with van der Waals surface area (Å²) in [5.74, 6) is 1.46. The maximum Gasteiger partial charge on any atom is 0.196 e. The number of aliphatic hydroxyl groups excluding tert-OH is 1. The Kier molecular flexibility index (Phi) is 2.11. The third kappa shape index (κ3) is 1.34. The van der Waals surface area contributed by atoms with Gasteiger partial charge < -0.3 is 14.8 Å². The number of H-pyrrole nitrogens is 1. The van der Waals surface area contributed by atoms with E-state index in [2.05, 4.69) is 11.1 Å². The molecule has 3 heteroatoms. The smallest absolute Gasteiger partial charge is 0.196 e. The highest BCUT2D eigenvalue weighted by Crippen LogP contribution is 2.53. The third-order valence-corrected chi connectivity index (χ3v) is 3.77. The van der Waals surface area contributed by atoms with E-state index >= 15 is 0 Å². The summed E-state index contributed by atoms with van der Waals surface area (Å²) in [4.78, 5) is 3.33. The van der Waals surface area contributed by atoms with Gasteiger partial charge in [-0.15, -0.1) is 0 Å². The highest BCUT2D eigenvalue weighted by atomic mass is 16.6. The summed E-state index contributed by atoms with van der Waals surface area (Å²) in [6.45, 7) is 2.43. The predicted octanol–water partition coefficient (Wildman–Crippen LogP) is 2.41. The Balaban J connectivity index is 1.88. The second-order valence-corrected chi connectivity index (χ2v) is 4.61. The molecule has 1 fully saturated rings. The number of aliphatic hydroxyl groups is 1. The van der Waals surface area contributed by atoms with Crippen molar-refractivity contribution < 1.29 is 9.84 Å². The van der Waals surface area contributed by atoms with E-state index in [0.29, 0.717) is 12.5 Å². The van der Waals surface area contributed by atoms with E-state index < -0.39 is 6.29 Å². The predicted molar refractivity (Wildman–Crippen MR) is 56.7 cm³/mol. The molecule has 2 N–H and O–H groups in total. The van der Waals surface area contributed by atoms with Crippen LogP contribution in [0.15, 0.2) is 6.07 Å². The van der Waals surface area contributed by atoms with Gasteiger partial charge in [-0.3, -0.25) is 0 Å². The van der Waals surface area contributed by atoms with Gasteiger partial charge in [-0.1, -0.05) is 0 Å². The topological polar surface area (TPSA) is 45.2 Å². The molecule has 0 amide bonds. The van der Waals surface area contributed by atoms with E-state index in [9.17, 15) is 5.11 Å². The Hall–Kier alpha value is -0.800. The Bertz CT molecular complexity index is 344. The Morgan fingerprint density at radius 3 is 3.07 bits per heavy atom. The monoisotopic (exact) mass is 207 g/mol. The fraction of sp³-hybridized carbons (Fsp3) is 0.667. The van der Waals surface area contributed by atoms with Crippen LogP contribution in [-0.4, -0.2) is 16.7 Å². The van der Waals surface area contributed by atoms with Crippen molar-refractivity contribution in [3.63, 3.8) is 0 Å². The number of fused-ring (bicyclic) bond motifs is 5. The molecule has 1 saturated carbocycles. The van der Waals surface area contributed by atoms with Crippen LogP contribution in [-0.2, 0) is 4.74 Å². The highest BCUT2D eigenvalue weighted by Gasteiger charge is 2.38. The molecule has 15 heavy (non-hydrogen) atoms. The number of hydrogen-bond acceptors (Lipinski definition) is 2. The quantitative estimate of drug-likeness (QED) is 0.747. The number of hydrogen-bond donors (Lipinski definition) is 2. The molecule has 3 rings (SSSR count). The number of ether oxygens (including phenoxy) is 1. The van der Waals surface area contributed by atoms with E-state index in [1.165, 1.54) is 30.5 Å². The van der Waals surface area contributed by atoms with E-state index in [4.69, 9.17) is 4.74 Å². The molecular weight excluding hydrogens is 190 g/mol. The molecule has 2 aliphatic rings. The van der Waals surface area contributed by atoms with Crippen molar-refractivity contribution in [2.45, 2.75) is 44.3 Å². The Morgan fingerprint density at radius 1 is 1.53 bits per heavy atom. The lowest BCUT2D eigenvalue weighted by atomic mass is 9.98. The van der Waals surface area contributed by atoms with Gasteiger partial charge in [0.15, 0.2) is 6.29 Å². The average molecular weight is 207 g/mol. The molecule has 3 nitrogen and oxygen atoms in total. The van der Waals surface area contributed by atoms with E-state index in [-0.39, 0.29) is 0 Å². The average Bonchev–Trinajstić information content (AvgIpc) is 2.90. The maximum atomic E-state index is 9.72. The van der Waals surface area contributed by atoms with Gasteiger partial charge >= 0.3 is 0 Å². The van der Waals surface area contributed by atoms with Crippen LogP contribution in [0.2, 0.25) is 0 Å². The van der Waals surface area contributed by atoms with Crippen LogP contribution in [0.3, 0.4) is 0 Å². The second kappa shape index (κ2) is 3.35. The van der Waals surface area contributed by atoms with Crippen LogP contribution in [0, 0.1) is 0 Å². The Labute approximate surface area is 89.5 Å². The van der Waals surface area contributed by atoms with Crippen LogP contribution in [0.5, 0.6) is 0 Å². The first-order valence-electron chi connectivity index (χ1n) is 5.82. The molecule has 2 bridgehead atoms. The molecule has 2 aliphatic carbocycles. The largest absolute Gasteiger partial charge is 0.363 e. The summed E-state index contributed by atoms with van der Waals surface area (Å²) in [5.41, 5.74) is 3.62. The molecular formula is C12H17NO2. The van der Waals surface area contributed by atoms with Crippen LogP contribution < -0.4 is 0 Å². The molecule has 0 aromatic carbocycles. The summed E-state index contributed by atoms with van der Waals surface area (Å²) < 4.78 is 5.18. The van der Waals surface area contributed by atoms with Gasteiger partial charge in [-0.05, 0) is 49.7 Å². The lowest BCUT2D eigenvalue weighted by Crippen LogP contribution is -2.03. The van der Waals surface area contributed by atoms with Gasteiger partial charge in [-0.25, -0.2) is 0 Å². The zero-order valence-electron chi connectivity index (χ0n) is 8.99. The standard InChI is InChI=1S/C12H17NO2/c1-2-15-12(14)10-6-9-7-3-4-8(5-7)11(9)13-10/h6-8,12-14H,2-5H2,1H3. The molecule has 0 spiro atoms. The lowest BCUT2D eigenvalue weighted by Gasteiger charge is -2.09. The van der Waals surface area contributed by atoms with Crippen molar-refractivity contribution in [1.29, 1.82) is 0 Å². The first-order chi connectivity index (χ1) is 7.29. The zero-order chi connectivity index (χ0) is 10.4. The second-order valence-electron chi connectivity index (χ2n) is 4.61. The van der Waals surface area contributed by atoms with Crippen LogP contribution in [0.1, 0.15) is 61.3 Å².